The van der Waals surface area contributed by atoms with Crippen molar-refractivity contribution in [1.82, 2.24) is 10.2 Å². The maximum atomic E-state index is 12.4. The lowest BCUT2D eigenvalue weighted by molar-refractivity contribution is -0.131. The van der Waals surface area contributed by atoms with Gasteiger partial charge in [-0.15, -0.1) is 11.3 Å². The zero-order valence-corrected chi connectivity index (χ0v) is 14.9. The van der Waals surface area contributed by atoms with Gasteiger partial charge in [-0.05, 0) is 24.4 Å². The molecule has 1 aromatic carbocycles. The number of nitrogens with one attached hydrogen (secondary N) is 1. The molecular weight excluding hydrogens is 324 g/mol. The van der Waals surface area contributed by atoms with Gasteiger partial charge < -0.3 is 15.0 Å². The van der Waals surface area contributed by atoms with Crippen LogP contribution in [-0.4, -0.2) is 37.4 Å². The quantitative estimate of drug-likeness (QED) is 0.838. The van der Waals surface area contributed by atoms with Gasteiger partial charge in [0.15, 0.2) is 0 Å². The molecule has 0 aliphatic heterocycles. The van der Waals surface area contributed by atoms with E-state index in [4.69, 9.17) is 4.74 Å². The summed E-state index contributed by atoms with van der Waals surface area (Å²) in [6, 6.07) is 11.1. The van der Waals surface area contributed by atoms with Crippen LogP contribution in [0.15, 0.2) is 41.8 Å². The van der Waals surface area contributed by atoms with Gasteiger partial charge in [0.2, 0.25) is 5.91 Å². The highest BCUT2D eigenvalue weighted by Crippen LogP contribution is 2.28. The number of ether oxygens (including phenoxy) is 1. The molecule has 1 atom stereocenters. The molecule has 0 fully saturated rings. The normalized spacial score (nSPS) is 11.6. The average molecular weight is 346 g/mol. The zero-order chi connectivity index (χ0) is 17.5. The number of nitrogens with zero attached hydrogens (tertiary/aromatic N) is 1. The number of hydrogen-bond donors (Lipinski definition) is 1. The first-order chi connectivity index (χ1) is 11.5. The molecule has 24 heavy (non-hydrogen) atoms. The third kappa shape index (κ3) is 4.35. The van der Waals surface area contributed by atoms with Crippen LogP contribution in [0.5, 0.6) is 5.75 Å². The Bertz CT molecular complexity index is 685. The molecule has 2 rings (SSSR count). The van der Waals surface area contributed by atoms with Crippen molar-refractivity contribution in [1.29, 1.82) is 0 Å². The number of amides is 2. The van der Waals surface area contributed by atoms with Crippen LogP contribution in [0, 0.1) is 0 Å². The number of para-hydroxylation sites is 1. The summed E-state index contributed by atoms with van der Waals surface area (Å²) in [7, 11) is 3.38. The smallest absolute Gasteiger partial charge is 0.261 e. The second-order valence-electron chi connectivity index (χ2n) is 5.41. The summed E-state index contributed by atoms with van der Waals surface area (Å²) in [6.45, 7) is 2.28. The van der Waals surface area contributed by atoms with Gasteiger partial charge in [-0.1, -0.05) is 24.3 Å². The summed E-state index contributed by atoms with van der Waals surface area (Å²) in [6.07, 6.45) is 0.257. The maximum Gasteiger partial charge on any atom is 0.261 e. The largest absolute Gasteiger partial charge is 0.496 e. The van der Waals surface area contributed by atoms with Crippen LogP contribution in [0.1, 0.15) is 34.6 Å². The van der Waals surface area contributed by atoms with E-state index in [9.17, 15) is 9.59 Å². The maximum absolute atomic E-state index is 12.4. The highest BCUT2D eigenvalue weighted by Gasteiger charge is 2.20. The van der Waals surface area contributed by atoms with E-state index in [2.05, 4.69) is 5.32 Å². The minimum atomic E-state index is -0.141. The fraction of sp³-hybridized carbons (Fsp3) is 0.333. The molecule has 2 aromatic rings. The molecule has 0 saturated carbocycles. The molecule has 128 valence electrons. The van der Waals surface area contributed by atoms with Crippen LogP contribution in [0.2, 0.25) is 0 Å². The summed E-state index contributed by atoms with van der Waals surface area (Å²) < 4.78 is 5.36. The summed E-state index contributed by atoms with van der Waals surface area (Å²) in [4.78, 5) is 26.5. The molecule has 1 heterocycles. The molecular formula is C18H22N2O3S. The van der Waals surface area contributed by atoms with Crippen molar-refractivity contribution in [3.05, 3.63) is 52.2 Å². The van der Waals surface area contributed by atoms with Crippen molar-refractivity contribution < 1.29 is 14.3 Å². The molecule has 6 heteroatoms. The van der Waals surface area contributed by atoms with Gasteiger partial charge in [-0.2, -0.15) is 0 Å². The van der Waals surface area contributed by atoms with E-state index in [1.807, 2.05) is 42.6 Å². The summed E-state index contributed by atoms with van der Waals surface area (Å²) in [5.74, 6) is 0.591. The topological polar surface area (TPSA) is 58.6 Å². The van der Waals surface area contributed by atoms with E-state index < -0.39 is 0 Å². The number of rotatable bonds is 7. The number of carbonyl (C=O) groups is 2. The molecule has 0 aliphatic carbocycles. The Labute approximate surface area is 146 Å². The van der Waals surface area contributed by atoms with Crippen molar-refractivity contribution in [2.24, 2.45) is 0 Å². The van der Waals surface area contributed by atoms with Crippen molar-refractivity contribution in [3.8, 4) is 5.75 Å². The molecule has 2 amide bonds. The molecule has 0 bridgehead atoms. The predicted octanol–water partition coefficient (Wildman–Crippen LogP) is 3.10. The molecule has 1 unspecified atom stereocenters. The molecule has 1 N–H and O–H groups in total. The third-order valence-corrected chi connectivity index (χ3v) is 4.80. The van der Waals surface area contributed by atoms with Gasteiger partial charge >= 0.3 is 0 Å². The fourth-order valence-corrected chi connectivity index (χ4v) is 3.03. The van der Waals surface area contributed by atoms with Crippen LogP contribution in [0.25, 0.3) is 0 Å². The minimum absolute atomic E-state index is 0.0279. The molecule has 0 radical (unpaired) electrons. The Balaban J connectivity index is 1.88. The third-order valence-electron chi connectivity index (χ3n) is 3.93. The van der Waals surface area contributed by atoms with Gasteiger partial charge in [-0.3, -0.25) is 9.59 Å². The van der Waals surface area contributed by atoms with Crippen molar-refractivity contribution in [2.45, 2.75) is 19.4 Å². The summed E-state index contributed by atoms with van der Waals surface area (Å²) >= 11 is 1.38. The number of benzene rings is 1. The van der Waals surface area contributed by atoms with E-state index in [1.165, 1.54) is 11.3 Å². The van der Waals surface area contributed by atoms with Crippen LogP contribution in [-0.2, 0) is 4.79 Å². The molecule has 0 aliphatic rings. The second-order valence-corrected chi connectivity index (χ2v) is 6.35. The van der Waals surface area contributed by atoms with E-state index >= 15 is 0 Å². The van der Waals surface area contributed by atoms with E-state index in [-0.39, 0.29) is 24.3 Å². The predicted molar refractivity (Wildman–Crippen MR) is 95.4 cm³/mol. The van der Waals surface area contributed by atoms with E-state index in [0.29, 0.717) is 11.4 Å². The summed E-state index contributed by atoms with van der Waals surface area (Å²) in [5, 5.41) is 4.62. The van der Waals surface area contributed by atoms with Gasteiger partial charge in [-0.25, -0.2) is 0 Å². The molecule has 5 nitrogen and oxygen atoms in total. The first-order valence-electron chi connectivity index (χ1n) is 7.75. The van der Waals surface area contributed by atoms with Crippen LogP contribution in [0.3, 0.4) is 0 Å². The average Bonchev–Trinajstić information content (AvgIpc) is 3.14. The standard InChI is InChI=1S/C18H22N2O3S/c1-13(14-7-4-5-8-15(14)23-3)20(2)17(21)10-11-19-18(22)16-9-6-12-24-16/h4-9,12-13H,10-11H2,1-3H3,(H,19,22). The Morgan fingerprint density at radius 3 is 2.67 bits per heavy atom. The lowest BCUT2D eigenvalue weighted by Gasteiger charge is -2.26. The van der Waals surface area contributed by atoms with Gasteiger partial charge in [0.1, 0.15) is 5.75 Å². The Morgan fingerprint density at radius 1 is 1.25 bits per heavy atom. The highest BCUT2D eigenvalue weighted by atomic mass is 32.1. The monoisotopic (exact) mass is 346 g/mol. The Morgan fingerprint density at radius 2 is 2.00 bits per heavy atom. The number of thiophene rings is 1. The SMILES string of the molecule is COc1ccccc1C(C)N(C)C(=O)CCNC(=O)c1cccs1. The zero-order valence-electron chi connectivity index (χ0n) is 14.1. The van der Waals surface area contributed by atoms with Crippen LogP contribution < -0.4 is 10.1 Å². The lowest BCUT2D eigenvalue weighted by Crippen LogP contribution is -2.33. The Hall–Kier alpha value is -2.34. The number of hydrogen-bond acceptors (Lipinski definition) is 4. The van der Waals surface area contributed by atoms with E-state index in [0.717, 1.165) is 11.3 Å². The molecule has 0 saturated heterocycles. The first kappa shape index (κ1) is 18.0. The molecule has 0 spiro atoms. The van der Waals surface area contributed by atoms with Crippen molar-refractivity contribution >= 4 is 23.2 Å². The van der Waals surface area contributed by atoms with Gasteiger partial charge in [0.05, 0.1) is 18.0 Å². The second kappa shape index (κ2) is 8.49. The molecule has 1 aromatic heterocycles. The lowest BCUT2D eigenvalue weighted by atomic mass is 10.1. The van der Waals surface area contributed by atoms with Gasteiger partial charge in [0, 0.05) is 25.6 Å². The van der Waals surface area contributed by atoms with Crippen LogP contribution >= 0.6 is 11.3 Å². The van der Waals surface area contributed by atoms with Crippen molar-refractivity contribution in [3.63, 3.8) is 0 Å². The number of carbonyl (C=O) groups excluding carboxylic acids is 2. The fourth-order valence-electron chi connectivity index (χ4n) is 2.39. The van der Waals surface area contributed by atoms with Crippen molar-refractivity contribution in [2.75, 3.05) is 20.7 Å². The highest BCUT2D eigenvalue weighted by molar-refractivity contribution is 7.12. The van der Waals surface area contributed by atoms with Gasteiger partial charge in [0.25, 0.3) is 5.91 Å². The Kier molecular flexibility index (Phi) is 6.37. The summed E-state index contributed by atoms with van der Waals surface area (Å²) in [5.41, 5.74) is 0.957. The van der Waals surface area contributed by atoms with E-state index in [1.54, 1.807) is 25.1 Å². The minimum Gasteiger partial charge on any atom is -0.496 e. The number of methoxy groups -OCH3 is 1. The first-order valence-corrected chi connectivity index (χ1v) is 8.62. The van der Waals surface area contributed by atoms with Crippen LogP contribution in [0.4, 0.5) is 0 Å².